The fourth-order valence-electron chi connectivity index (χ4n) is 13.4. The summed E-state index contributed by atoms with van der Waals surface area (Å²) in [5, 5.41) is 16.0. The fraction of sp³-hybridized carbons (Fsp3) is 0. The summed E-state index contributed by atoms with van der Waals surface area (Å²) in [7, 11) is 0. The third-order valence-corrected chi connectivity index (χ3v) is 18.9. The van der Waals surface area contributed by atoms with Crippen molar-refractivity contribution < 1.29 is 8.83 Å². The highest BCUT2D eigenvalue weighted by atomic mass is 32.1. The first-order chi connectivity index (χ1) is 41.7. The molecule has 0 aliphatic carbocycles. The van der Waals surface area contributed by atoms with E-state index in [0.717, 1.165) is 127 Å². The average molecular weight is 1110 g/mol. The lowest BCUT2D eigenvalue weighted by Gasteiger charge is -2.28. The molecule has 0 aliphatic heterocycles. The summed E-state index contributed by atoms with van der Waals surface area (Å²) in [6.07, 6.45) is 0. The van der Waals surface area contributed by atoms with Crippen molar-refractivity contribution in [3.8, 4) is 22.5 Å². The third-order valence-electron chi connectivity index (χ3n) is 17.0. The minimum Gasteiger partial charge on any atom is -0.456 e. The standard InChI is InChI=1S/C76H46N4O2S2/c1-5-17-48(18-6-1)77(53-33-35-65-59(41-53)61-45-71-63(55-25-13-15-27-69(55)81-71)43-67(61)79(65)50-21-9-3-10-22-50)52-31-29-47(30-32-52)73-57-37-39-84-76(57)74(58-38-40-83-75(58)73)78(49-19-7-2-8-20-49)54-34-36-66-60(42-54)62-46-72-64(56-26-14-16-28-70(56)82-72)44-68(62)80(66)51-23-11-4-12-24-51/h1-46H. The molecule has 0 saturated heterocycles. The predicted octanol–water partition coefficient (Wildman–Crippen LogP) is 22.7. The maximum atomic E-state index is 6.56. The summed E-state index contributed by atoms with van der Waals surface area (Å²) in [4.78, 5) is 4.86. The molecule has 6 nitrogen and oxygen atoms in total. The zero-order valence-electron chi connectivity index (χ0n) is 45.0. The number of rotatable bonds is 9. The van der Waals surface area contributed by atoms with Crippen LogP contribution in [0.15, 0.2) is 287 Å². The van der Waals surface area contributed by atoms with Gasteiger partial charge in [-0.3, -0.25) is 0 Å². The molecule has 12 aromatic carbocycles. The van der Waals surface area contributed by atoms with Crippen LogP contribution >= 0.6 is 22.7 Å². The lowest BCUT2D eigenvalue weighted by atomic mass is 9.97. The number of para-hydroxylation sites is 6. The van der Waals surface area contributed by atoms with Gasteiger partial charge in [0.15, 0.2) is 0 Å². The second kappa shape index (κ2) is 18.4. The molecule has 0 bridgehead atoms. The molecule has 8 heteroatoms. The molecular formula is C76H46N4O2S2. The van der Waals surface area contributed by atoms with Crippen molar-refractivity contribution in [1.82, 2.24) is 9.13 Å². The van der Waals surface area contributed by atoms with Crippen LogP contribution in [-0.4, -0.2) is 9.13 Å². The van der Waals surface area contributed by atoms with Gasteiger partial charge in [0.25, 0.3) is 0 Å². The van der Waals surface area contributed by atoms with Crippen LogP contribution in [0.1, 0.15) is 0 Å². The van der Waals surface area contributed by atoms with Crippen LogP contribution in [0.2, 0.25) is 0 Å². The molecular weight excluding hydrogens is 1060 g/mol. The minimum atomic E-state index is 0.882. The Morgan fingerprint density at radius 3 is 1.25 bits per heavy atom. The summed E-state index contributed by atoms with van der Waals surface area (Å²) in [5.41, 5.74) is 19.3. The van der Waals surface area contributed by atoms with Gasteiger partial charge in [-0.2, -0.15) is 0 Å². The Kier molecular flexibility index (Phi) is 10.3. The van der Waals surface area contributed by atoms with E-state index in [1.165, 1.54) is 37.0 Å². The predicted molar refractivity (Wildman–Crippen MR) is 355 cm³/mol. The number of furan rings is 2. The van der Waals surface area contributed by atoms with Crippen LogP contribution < -0.4 is 9.80 Å². The van der Waals surface area contributed by atoms with E-state index < -0.39 is 0 Å². The molecule has 0 aliphatic rings. The SMILES string of the molecule is c1ccc(N(c2ccc(-c3c4ccsc4c(N(c4ccccc4)c4ccc5c(c4)c4cc6oc7ccccc7c6cc4n5-c4ccccc4)c4ccsc34)cc2)c2ccc3c(c2)c2cc4oc5ccccc5c4cc2n3-c2ccccc2)cc1. The van der Waals surface area contributed by atoms with Crippen molar-refractivity contribution in [3.05, 3.63) is 278 Å². The van der Waals surface area contributed by atoms with Crippen molar-refractivity contribution in [3.63, 3.8) is 0 Å². The number of anilines is 6. The zero-order valence-corrected chi connectivity index (χ0v) is 46.6. The Labute approximate surface area is 489 Å². The van der Waals surface area contributed by atoms with E-state index in [9.17, 15) is 0 Å². The lowest BCUT2D eigenvalue weighted by molar-refractivity contribution is 0.669. The second-order valence-corrected chi connectivity index (χ2v) is 23.4. The van der Waals surface area contributed by atoms with Gasteiger partial charge in [-0.05, 0) is 162 Å². The van der Waals surface area contributed by atoms with Crippen molar-refractivity contribution in [2.45, 2.75) is 0 Å². The van der Waals surface area contributed by atoms with Crippen LogP contribution in [-0.2, 0) is 0 Å². The van der Waals surface area contributed by atoms with Gasteiger partial charge in [0, 0.05) is 104 Å². The summed E-state index contributed by atoms with van der Waals surface area (Å²) in [6.45, 7) is 0. The molecule has 0 unspecified atom stereocenters. The Bertz CT molecular complexity index is 5570. The lowest BCUT2D eigenvalue weighted by Crippen LogP contribution is -2.11. The normalized spacial score (nSPS) is 12.0. The van der Waals surface area contributed by atoms with Gasteiger partial charge >= 0.3 is 0 Å². The zero-order chi connectivity index (χ0) is 55.0. The Morgan fingerprint density at radius 2 is 0.702 bits per heavy atom. The van der Waals surface area contributed by atoms with Crippen molar-refractivity contribution >= 4 is 164 Å². The number of thiophene rings is 2. The molecule has 0 fully saturated rings. The highest BCUT2D eigenvalue weighted by molar-refractivity contribution is 7.20. The average Bonchev–Trinajstić information content (AvgIpc) is 2.18. The van der Waals surface area contributed by atoms with E-state index in [4.69, 9.17) is 8.83 Å². The van der Waals surface area contributed by atoms with E-state index in [1.54, 1.807) is 11.3 Å². The van der Waals surface area contributed by atoms with E-state index >= 15 is 0 Å². The molecule has 18 rings (SSSR count). The van der Waals surface area contributed by atoms with Gasteiger partial charge in [0.05, 0.1) is 32.5 Å². The molecule has 0 spiro atoms. The molecule has 0 atom stereocenters. The maximum Gasteiger partial charge on any atom is 0.136 e. The van der Waals surface area contributed by atoms with Gasteiger partial charge < -0.3 is 27.8 Å². The second-order valence-electron chi connectivity index (χ2n) is 21.6. The van der Waals surface area contributed by atoms with Crippen LogP contribution in [0, 0.1) is 0 Å². The smallest absolute Gasteiger partial charge is 0.136 e. The molecule has 18 aromatic rings. The molecule has 0 radical (unpaired) electrons. The van der Waals surface area contributed by atoms with Crippen molar-refractivity contribution in [1.29, 1.82) is 0 Å². The van der Waals surface area contributed by atoms with Crippen LogP contribution in [0.5, 0.6) is 0 Å². The first kappa shape index (κ1) is 47.0. The molecule has 6 heterocycles. The van der Waals surface area contributed by atoms with Gasteiger partial charge in [0.1, 0.15) is 22.3 Å². The van der Waals surface area contributed by atoms with Gasteiger partial charge in [-0.15, -0.1) is 22.7 Å². The Balaban J connectivity index is 0.787. The summed E-state index contributed by atoms with van der Waals surface area (Å²) in [5.74, 6) is 0. The van der Waals surface area contributed by atoms with Crippen LogP contribution in [0.4, 0.5) is 34.1 Å². The molecule has 6 aromatic heterocycles. The first-order valence-corrected chi connectivity index (χ1v) is 30.0. The van der Waals surface area contributed by atoms with E-state index in [-0.39, 0.29) is 0 Å². The quantitative estimate of drug-likeness (QED) is 0.144. The number of nitrogens with zero attached hydrogens (tertiary/aromatic N) is 4. The molecule has 0 amide bonds. The topological polar surface area (TPSA) is 42.6 Å². The monoisotopic (exact) mass is 1110 g/mol. The van der Waals surface area contributed by atoms with Crippen LogP contribution in [0.25, 0.3) is 130 Å². The highest BCUT2D eigenvalue weighted by Gasteiger charge is 2.27. The largest absolute Gasteiger partial charge is 0.456 e. The Hall–Kier alpha value is -10.6. The molecule has 0 saturated carbocycles. The van der Waals surface area contributed by atoms with E-state index in [1.807, 2.05) is 23.5 Å². The van der Waals surface area contributed by atoms with E-state index in [2.05, 4.69) is 284 Å². The Morgan fingerprint density at radius 1 is 0.274 bits per heavy atom. The molecule has 394 valence electrons. The van der Waals surface area contributed by atoms with Gasteiger partial charge in [-0.1, -0.05) is 121 Å². The van der Waals surface area contributed by atoms with Crippen molar-refractivity contribution in [2.24, 2.45) is 0 Å². The number of fused-ring (bicyclic) bond motifs is 14. The minimum absolute atomic E-state index is 0.882. The highest BCUT2D eigenvalue weighted by Crippen LogP contribution is 2.53. The number of aromatic nitrogens is 2. The summed E-state index contributed by atoms with van der Waals surface area (Å²) >= 11 is 3.62. The number of benzene rings is 12. The van der Waals surface area contributed by atoms with E-state index in [0.29, 0.717) is 0 Å². The van der Waals surface area contributed by atoms with Crippen LogP contribution in [0.3, 0.4) is 0 Å². The summed E-state index contributed by atoms with van der Waals surface area (Å²) in [6, 6.07) is 96.5. The molecule has 84 heavy (non-hydrogen) atoms. The van der Waals surface area contributed by atoms with Gasteiger partial charge in [0.2, 0.25) is 0 Å². The number of hydrogen-bond acceptors (Lipinski definition) is 6. The maximum absolute atomic E-state index is 6.56. The third kappa shape index (κ3) is 7.08. The number of hydrogen-bond donors (Lipinski definition) is 0. The van der Waals surface area contributed by atoms with Crippen molar-refractivity contribution in [2.75, 3.05) is 9.80 Å². The molecule has 0 N–H and O–H groups in total. The van der Waals surface area contributed by atoms with Gasteiger partial charge in [-0.25, -0.2) is 0 Å². The summed E-state index contributed by atoms with van der Waals surface area (Å²) < 4.78 is 20.4. The first-order valence-electron chi connectivity index (χ1n) is 28.3. The fourth-order valence-corrected chi connectivity index (χ4v) is 15.3.